The minimum atomic E-state index is -3.79. The molecule has 2 N–H and O–H groups in total. The van der Waals surface area contributed by atoms with Gasteiger partial charge in [-0.2, -0.15) is 0 Å². The van der Waals surface area contributed by atoms with Gasteiger partial charge in [0.25, 0.3) is 0 Å². The van der Waals surface area contributed by atoms with Gasteiger partial charge in [-0.05, 0) is 32.2 Å². The van der Waals surface area contributed by atoms with Gasteiger partial charge in [0.05, 0.1) is 16.4 Å². The van der Waals surface area contributed by atoms with Crippen molar-refractivity contribution in [1.82, 2.24) is 9.44 Å². The third-order valence-electron chi connectivity index (χ3n) is 2.47. The Labute approximate surface area is 119 Å². The van der Waals surface area contributed by atoms with Crippen molar-refractivity contribution in [2.24, 2.45) is 0 Å². The molecule has 0 spiro atoms. The van der Waals surface area contributed by atoms with E-state index in [-0.39, 0.29) is 16.4 Å². The van der Waals surface area contributed by atoms with Crippen molar-refractivity contribution < 1.29 is 21.6 Å². The van der Waals surface area contributed by atoms with Crippen LogP contribution < -0.4 is 9.44 Å². The molecule has 0 fully saturated rings. The SMILES string of the molecule is CNS(=O)(=O)c1cccc(S(=O)(=O)NC(C)COC)c1. The Morgan fingerprint density at radius 2 is 1.70 bits per heavy atom. The van der Waals surface area contributed by atoms with Crippen molar-refractivity contribution in [3.63, 3.8) is 0 Å². The first kappa shape index (κ1) is 17.1. The second kappa shape index (κ2) is 6.64. The van der Waals surface area contributed by atoms with Crippen molar-refractivity contribution in [3.05, 3.63) is 24.3 Å². The second-order valence-electron chi connectivity index (χ2n) is 4.16. The van der Waals surface area contributed by atoms with Crippen LogP contribution in [0.5, 0.6) is 0 Å². The van der Waals surface area contributed by atoms with Crippen LogP contribution in [0.25, 0.3) is 0 Å². The molecule has 1 rings (SSSR count). The summed E-state index contributed by atoms with van der Waals surface area (Å²) in [6.07, 6.45) is 0. The van der Waals surface area contributed by atoms with Gasteiger partial charge in [0.2, 0.25) is 20.0 Å². The highest BCUT2D eigenvalue weighted by Crippen LogP contribution is 2.15. The summed E-state index contributed by atoms with van der Waals surface area (Å²) >= 11 is 0. The zero-order valence-corrected chi connectivity index (χ0v) is 13.1. The summed E-state index contributed by atoms with van der Waals surface area (Å²) in [5, 5.41) is 0. The van der Waals surface area contributed by atoms with Gasteiger partial charge >= 0.3 is 0 Å². The molecule has 114 valence electrons. The van der Waals surface area contributed by atoms with Crippen LogP contribution in [-0.4, -0.2) is 43.6 Å². The van der Waals surface area contributed by atoms with Crippen LogP contribution in [0.1, 0.15) is 6.92 Å². The lowest BCUT2D eigenvalue weighted by Crippen LogP contribution is -2.35. The molecule has 0 heterocycles. The fourth-order valence-electron chi connectivity index (χ4n) is 1.54. The van der Waals surface area contributed by atoms with E-state index in [0.717, 1.165) is 6.07 Å². The third kappa shape index (κ3) is 4.25. The second-order valence-corrected chi connectivity index (χ2v) is 7.76. The predicted octanol–water partition coefficient (Wildman–Crippen LogP) is -0.0921. The first-order valence-electron chi connectivity index (χ1n) is 5.78. The van der Waals surface area contributed by atoms with Crippen LogP contribution in [0.3, 0.4) is 0 Å². The number of hydrogen-bond donors (Lipinski definition) is 2. The summed E-state index contributed by atoms with van der Waals surface area (Å²) in [4.78, 5) is -0.223. The summed E-state index contributed by atoms with van der Waals surface area (Å²) in [5.74, 6) is 0. The van der Waals surface area contributed by atoms with E-state index in [0.29, 0.717) is 0 Å². The van der Waals surface area contributed by atoms with E-state index < -0.39 is 26.1 Å². The fourth-order valence-corrected chi connectivity index (χ4v) is 3.67. The molecule has 0 radical (unpaired) electrons. The fraction of sp³-hybridized carbons (Fsp3) is 0.455. The molecular formula is C11H18N2O5S2. The quantitative estimate of drug-likeness (QED) is 0.730. The summed E-state index contributed by atoms with van der Waals surface area (Å²) in [7, 11) is -4.76. The van der Waals surface area contributed by atoms with Crippen molar-refractivity contribution in [3.8, 4) is 0 Å². The smallest absolute Gasteiger partial charge is 0.240 e. The summed E-state index contributed by atoms with van der Waals surface area (Å²) in [5.41, 5.74) is 0. The molecule has 1 atom stereocenters. The number of methoxy groups -OCH3 is 1. The molecule has 0 amide bonds. The molecule has 1 aromatic carbocycles. The van der Waals surface area contributed by atoms with Crippen molar-refractivity contribution in [1.29, 1.82) is 0 Å². The highest BCUT2D eigenvalue weighted by atomic mass is 32.2. The van der Waals surface area contributed by atoms with Crippen LogP contribution in [-0.2, 0) is 24.8 Å². The first-order chi connectivity index (χ1) is 9.23. The zero-order valence-electron chi connectivity index (χ0n) is 11.5. The first-order valence-corrected chi connectivity index (χ1v) is 8.74. The maximum absolute atomic E-state index is 12.1. The zero-order chi connectivity index (χ0) is 15.4. The lowest BCUT2D eigenvalue weighted by atomic mass is 10.4. The summed E-state index contributed by atoms with van der Waals surface area (Å²) in [6, 6.07) is 4.71. The molecule has 7 nitrogen and oxygen atoms in total. The van der Waals surface area contributed by atoms with Gasteiger partial charge in [-0.15, -0.1) is 0 Å². The number of hydrogen-bond acceptors (Lipinski definition) is 5. The minimum absolute atomic E-state index is 0.109. The van der Waals surface area contributed by atoms with E-state index in [9.17, 15) is 16.8 Å². The topological polar surface area (TPSA) is 102 Å². The maximum Gasteiger partial charge on any atom is 0.240 e. The van der Waals surface area contributed by atoms with Crippen LogP contribution in [0.2, 0.25) is 0 Å². The Morgan fingerprint density at radius 3 is 2.20 bits per heavy atom. The van der Waals surface area contributed by atoms with Crippen LogP contribution in [0, 0.1) is 0 Å². The molecular weight excluding hydrogens is 304 g/mol. The molecule has 9 heteroatoms. The average molecular weight is 322 g/mol. The Hall–Kier alpha value is -1.00. The highest BCUT2D eigenvalue weighted by Gasteiger charge is 2.20. The number of nitrogens with one attached hydrogen (secondary N) is 2. The maximum atomic E-state index is 12.1. The van der Waals surface area contributed by atoms with E-state index >= 15 is 0 Å². The molecule has 0 bridgehead atoms. The van der Waals surface area contributed by atoms with Crippen molar-refractivity contribution in [2.75, 3.05) is 20.8 Å². The Kier molecular flexibility index (Phi) is 5.66. The Balaban J connectivity index is 3.12. The lowest BCUT2D eigenvalue weighted by molar-refractivity contribution is 0.180. The molecule has 0 saturated carbocycles. The molecule has 1 aromatic rings. The Bertz CT molecular complexity index is 655. The normalized spacial score (nSPS) is 14.2. The van der Waals surface area contributed by atoms with E-state index in [1.165, 1.54) is 32.4 Å². The lowest BCUT2D eigenvalue weighted by Gasteiger charge is -2.13. The average Bonchev–Trinajstić information content (AvgIpc) is 2.38. The van der Waals surface area contributed by atoms with Gasteiger partial charge in [0.1, 0.15) is 0 Å². The number of rotatable bonds is 7. The van der Waals surface area contributed by atoms with Crippen LogP contribution in [0.15, 0.2) is 34.1 Å². The highest BCUT2D eigenvalue weighted by molar-refractivity contribution is 7.90. The Morgan fingerprint density at radius 1 is 1.15 bits per heavy atom. The number of sulfonamides is 2. The largest absolute Gasteiger partial charge is 0.383 e. The number of benzene rings is 1. The molecule has 1 unspecified atom stereocenters. The molecule has 0 aliphatic heterocycles. The summed E-state index contributed by atoms with van der Waals surface area (Å²) in [6.45, 7) is 1.86. The van der Waals surface area contributed by atoms with Crippen molar-refractivity contribution in [2.45, 2.75) is 22.8 Å². The van der Waals surface area contributed by atoms with E-state index in [1.807, 2.05) is 0 Å². The van der Waals surface area contributed by atoms with E-state index in [1.54, 1.807) is 6.92 Å². The minimum Gasteiger partial charge on any atom is -0.383 e. The van der Waals surface area contributed by atoms with E-state index in [4.69, 9.17) is 4.74 Å². The van der Waals surface area contributed by atoms with Gasteiger partial charge in [-0.1, -0.05) is 6.07 Å². The van der Waals surface area contributed by atoms with Crippen molar-refractivity contribution >= 4 is 20.0 Å². The van der Waals surface area contributed by atoms with E-state index in [2.05, 4.69) is 9.44 Å². The molecule has 20 heavy (non-hydrogen) atoms. The predicted molar refractivity (Wildman–Crippen MR) is 74.3 cm³/mol. The molecule has 0 aliphatic rings. The summed E-state index contributed by atoms with van der Waals surface area (Å²) < 4.78 is 56.9. The third-order valence-corrected chi connectivity index (χ3v) is 5.47. The monoisotopic (exact) mass is 322 g/mol. The van der Waals surface area contributed by atoms with Crippen LogP contribution >= 0.6 is 0 Å². The number of ether oxygens (including phenoxy) is 1. The molecule has 0 aromatic heterocycles. The van der Waals surface area contributed by atoms with Gasteiger partial charge in [0.15, 0.2) is 0 Å². The van der Waals surface area contributed by atoms with Gasteiger partial charge in [-0.25, -0.2) is 26.3 Å². The van der Waals surface area contributed by atoms with Gasteiger partial charge in [0, 0.05) is 13.2 Å². The van der Waals surface area contributed by atoms with Crippen LogP contribution in [0.4, 0.5) is 0 Å². The standard InChI is InChI=1S/C11H18N2O5S2/c1-9(8-18-3)13-20(16,17)11-6-4-5-10(7-11)19(14,15)12-2/h4-7,9,12-13H,8H2,1-3H3. The molecule has 0 aliphatic carbocycles. The molecule has 0 saturated heterocycles. The van der Waals surface area contributed by atoms with Gasteiger partial charge < -0.3 is 4.74 Å². The van der Waals surface area contributed by atoms with Gasteiger partial charge in [-0.3, -0.25) is 0 Å².